The molecule has 144 valence electrons. The molecule has 2 aromatic rings. The molecule has 1 aliphatic heterocycles. The van der Waals surface area contributed by atoms with Gasteiger partial charge in [0, 0.05) is 38.3 Å². The summed E-state index contributed by atoms with van der Waals surface area (Å²) in [5.74, 6) is 0.699. The summed E-state index contributed by atoms with van der Waals surface area (Å²) in [5.41, 5.74) is 3.15. The van der Waals surface area contributed by atoms with E-state index in [4.69, 9.17) is 4.74 Å². The van der Waals surface area contributed by atoms with Crippen molar-refractivity contribution >= 4 is 5.91 Å². The lowest BCUT2D eigenvalue weighted by Crippen LogP contribution is -2.48. The molecule has 1 heterocycles. The third-order valence-electron chi connectivity index (χ3n) is 5.25. The zero-order valence-corrected chi connectivity index (χ0v) is 16.4. The molecule has 0 saturated carbocycles. The Morgan fingerprint density at radius 2 is 1.67 bits per heavy atom. The molecule has 1 fully saturated rings. The minimum atomic E-state index is -0.0520. The number of nitrogens with zero attached hydrogens (tertiary/aromatic N) is 2. The van der Waals surface area contributed by atoms with E-state index in [0.717, 1.165) is 31.9 Å². The lowest BCUT2D eigenvalue weighted by molar-refractivity contribution is 0.0886. The smallest absolute Gasteiger partial charge is 0.251 e. The van der Waals surface area contributed by atoms with E-state index in [1.807, 2.05) is 12.1 Å². The third-order valence-corrected chi connectivity index (χ3v) is 5.25. The Kier molecular flexibility index (Phi) is 6.48. The van der Waals surface area contributed by atoms with E-state index in [-0.39, 0.29) is 11.9 Å². The summed E-state index contributed by atoms with van der Waals surface area (Å²) in [6, 6.07) is 16.0. The monoisotopic (exact) mass is 367 g/mol. The Balaban J connectivity index is 1.70. The zero-order valence-electron chi connectivity index (χ0n) is 16.4. The number of methoxy groups -OCH3 is 1. The highest BCUT2D eigenvalue weighted by molar-refractivity contribution is 5.94. The van der Waals surface area contributed by atoms with Gasteiger partial charge in [-0.15, -0.1) is 0 Å². The van der Waals surface area contributed by atoms with Gasteiger partial charge in [0.05, 0.1) is 13.2 Å². The van der Waals surface area contributed by atoms with Gasteiger partial charge < -0.3 is 15.0 Å². The number of benzene rings is 2. The Hall–Kier alpha value is -2.37. The fraction of sp³-hybridized carbons (Fsp3) is 0.409. The number of amides is 1. The van der Waals surface area contributed by atoms with Crippen molar-refractivity contribution in [2.24, 2.45) is 0 Å². The standard InChI is InChI=1S/C22H29N3O2/c1-17-4-6-18(7-5-17)21(25-14-12-24(2)13-15-25)16-23-22(26)19-8-10-20(27-3)11-9-19/h4-11,21H,12-16H2,1-3H3,(H,23,26). The van der Waals surface area contributed by atoms with Crippen LogP contribution in [0.3, 0.4) is 0 Å². The summed E-state index contributed by atoms with van der Waals surface area (Å²) >= 11 is 0. The quantitative estimate of drug-likeness (QED) is 0.853. The molecule has 1 N–H and O–H groups in total. The molecule has 1 amide bonds. The van der Waals surface area contributed by atoms with Crippen LogP contribution in [0.5, 0.6) is 5.75 Å². The van der Waals surface area contributed by atoms with Crippen LogP contribution < -0.4 is 10.1 Å². The molecule has 0 bridgehead atoms. The van der Waals surface area contributed by atoms with Crippen LogP contribution in [0.1, 0.15) is 27.5 Å². The summed E-state index contributed by atoms with van der Waals surface area (Å²) in [7, 11) is 3.78. The van der Waals surface area contributed by atoms with Gasteiger partial charge in [0.2, 0.25) is 0 Å². The van der Waals surface area contributed by atoms with Gasteiger partial charge >= 0.3 is 0 Å². The van der Waals surface area contributed by atoms with Crippen molar-refractivity contribution in [1.82, 2.24) is 15.1 Å². The van der Waals surface area contributed by atoms with Crippen molar-refractivity contribution in [3.8, 4) is 5.75 Å². The molecule has 3 rings (SSSR count). The second-order valence-corrected chi connectivity index (χ2v) is 7.20. The molecule has 0 radical (unpaired) electrons. The first-order valence-electron chi connectivity index (χ1n) is 9.48. The molecule has 0 spiro atoms. The van der Waals surface area contributed by atoms with E-state index >= 15 is 0 Å². The van der Waals surface area contributed by atoms with E-state index in [2.05, 4.69) is 53.4 Å². The number of piperazine rings is 1. The van der Waals surface area contributed by atoms with Crippen LogP contribution in [0.25, 0.3) is 0 Å². The van der Waals surface area contributed by atoms with E-state index in [0.29, 0.717) is 12.1 Å². The fourth-order valence-corrected chi connectivity index (χ4v) is 3.41. The van der Waals surface area contributed by atoms with E-state index in [1.54, 1.807) is 19.2 Å². The summed E-state index contributed by atoms with van der Waals surface area (Å²) < 4.78 is 5.16. The highest BCUT2D eigenvalue weighted by Crippen LogP contribution is 2.22. The first-order valence-corrected chi connectivity index (χ1v) is 9.48. The average molecular weight is 367 g/mol. The maximum atomic E-state index is 12.6. The zero-order chi connectivity index (χ0) is 19.2. The average Bonchev–Trinajstić information content (AvgIpc) is 2.70. The molecule has 0 aliphatic carbocycles. The SMILES string of the molecule is COc1ccc(C(=O)NCC(c2ccc(C)cc2)N2CCN(C)CC2)cc1. The number of ether oxygens (including phenoxy) is 1. The van der Waals surface area contributed by atoms with Crippen LogP contribution in [0.4, 0.5) is 0 Å². The number of likely N-dealkylation sites (N-methyl/N-ethyl adjacent to an activating group) is 1. The van der Waals surface area contributed by atoms with Gasteiger partial charge in [-0.25, -0.2) is 0 Å². The van der Waals surface area contributed by atoms with Crippen LogP contribution in [-0.4, -0.2) is 62.6 Å². The maximum Gasteiger partial charge on any atom is 0.251 e. The lowest BCUT2D eigenvalue weighted by atomic mass is 10.0. The Bertz CT molecular complexity index is 735. The second kappa shape index (κ2) is 9.02. The normalized spacial score (nSPS) is 16.7. The number of hydrogen-bond acceptors (Lipinski definition) is 4. The van der Waals surface area contributed by atoms with Crippen molar-refractivity contribution in [2.45, 2.75) is 13.0 Å². The number of carbonyl (C=O) groups is 1. The van der Waals surface area contributed by atoms with Gasteiger partial charge in [-0.2, -0.15) is 0 Å². The van der Waals surface area contributed by atoms with Crippen molar-refractivity contribution < 1.29 is 9.53 Å². The molecule has 1 saturated heterocycles. The number of rotatable bonds is 6. The summed E-state index contributed by atoms with van der Waals surface area (Å²) in [4.78, 5) is 17.4. The van der Waals surface area contributed by atoms with Crippen LogP contribution in [-0.2, 0) is 0 Å². The maximum absolute atomic E-state index is 12.6. The summed E-state index contributed by atoms with van der Waals surface area (Å²) in [6.07, 6.45) is 0. The van der Waals surface area contributed by atoms with E-state index in [1.165, 1.54) is 11.1 Å². The molecule has 1 atom stereocenters. The number of aryl methyl sites for hydroxylation is 1. The molecular weight excluding hydrogens is 338 g/mol. The van der Waals surface area contributed by atoms with Crippen LogP contribution in [0, 0.1) is 6.92 Å². The second-order valence-electron chi connectivity index (χ2n) is 7.20. The molecule has 5 heteroatoms. The van der Waals surface area contributed by atoms with Crippen LogP contribution in [0.2, 0.25) is 0 Å². The van der Waals surface area contributed by atoms with Gasteiger partial charge in [0.25, 0.3) is 5.91 Å². The predicted molar refractivity (Wildman–Crippen MR) is 108 cm³/mol. The van der Waals surface area contributed by atoms with E-state index in [9.17, 15) is 4.79 Å². The van der Waals surface area contributed by atoms with Crippen molar-refractivity contribution in [3.05, 3.63) is 65.2 Å². The molecule has 2 aromatic carbocycles. The van der Waals surface area contributed by atoms with Gasteiger partial charge in [0.1, 0.15) is 5.75 Å². The fourth-order valence-electron chi connectivity index (χ4n) is 3.41. The molecule has 5 nitrogen and oxygen atoms in total. The predicted octanol–water partition coefficient (Wildman–Crippen LogP) is 2.72. The Labute approximate surface area is 161 Å². The van der Waals surface area contributed by atoms with Gasteiger partial charge in [0.15, 0.2) is 0 Å². The molecule has 1 unspecified atom stereocenters. The highest BCUT2D eigenvalue weighted by Gasteiger charge is 2.24. The number of carbonyl (C=O) groups excluding carboxylic acids is 1. The van der Waals surface area contributed by atoms with Crippen molar-refractivity contribution in [3.63, 3.8) is 0 Å². The topological polar surface area (TPSA) is 44.8 Å². The van der Waals surface area contributed by atoms with Gasteiger partial charge in [-0.05, 0) is 43.8 Å². The third kappa shape index (κ3) is 5.08. The minimum absolute atomic E-state index is 0.0520. The first-order chi connectivity index (χ1) is 13.1. The summed E-state index contributed by atoms with van der Waals surface area (Å²) in [5, 5.41) is 3.12. The largest absolute Gasteiger partial charge is 0.497 e. The highest BCUT2D eigenvalue weighted by atomic mass is 16.5. The molecule has 27 heavy (non-hydrogen) atoms. The number of hydrogen-bond donors (Lipinski definition) is 1. The Morgan fingerprint density at radius 1 is 1.04 bits per heavy atom. The Morgan fingerprint density at radius 3 is 2.26 bits per heavy atom. The van der Waals surface area contributed by atoms with Crippen LogP contribution in [0.15, 0.2) is 48.5 Å². The van der Waals surface area contributed by atoms with E-state index < -0.39 is 0 Å². The number of nitrogens with one attached hydrogen (secondary N) is 1. The molecule has 1 aliphatic rings. The summed E-state index contributed by atoms with van der Waals surface area (Å²) in [6.45, 7) is 6.81. The molecule has 0 aromatic heterocycles. The van der Waals surface area contributed by atoms with Crippen molar-refractivity contribution in [1.29, 1.82) is 0 Å². The minimum Gasteiger partial charge on any atom is -0.497 e. The van der Waals surface area contributed by atoms with Gasteiger partial charge in [-0.1, -0.05) is 29.8 Å². The van der Waals surface area contributed by atoms with Crippen LogP contribution >= 0.6 is 0 Å². The molecular formula is C22H29N3O2. The van der Waals surface area contributed by atoms with Gasteiger partial charge in [-0.3, -0.25) is 9.69 Å². The van der Waals surface area contributed by atoms with Crippen molar-refractivity contribution in [2.75, 3.05) is 46.9 Å². The first kappa shape index (κ1) is 19.4. The lowest BCUT2D eigenvalue weighted by Gasteiger charge is -2.38.